The fourth-order valence-electron chi connectivity index (χ4n) is 3.07. The van der Waals surface area contributed by atoms with E-state index >= 15 is 0 Å². The van der Waals surface area contributed by atoms with Crippen LogP contribution in [-0.4, -0.2) is 14.8 Å². The number of nitrogens with zero attached hydrogens (tertiary/aromatic N) is 4. The largest absolute Gasteiger partial charge is 0.474 e. The second-order valence-electron chi connectivity index (χ2n) is 7.43. The summed E-state index contributed by atoms with van der Waals surface area (Å²) in [5.41, 5.74) is -1.01. The molecular weight excluding hydrogens is 417 g/mol. The van der Waals surface area contributed by atoms with Crippen LogP contribution in [0.25, 0.3) is 11.4 Å². The Labute approximate surface area is 176 Å². The molecular formula is C21H18ClF3N4O. The predicted octanol–water partition coefficient (Wildman–Crippen LogP) is 5.78. The Balaban J connectivity index is 2.10. The molecule has 1 heterocycles. The zero-order chi connectivity index (χ0) is 22.2. The maximum Gasteiger partial charge on any atom is 0.192 e. The maximum atomic E-state index is 14.6. The Bertz CT molecular complexity index is 1130. The van der Waals surface area contributed by atoms with Crippen LogP contribution in [0.4, 0.5) is 13.2 Å². The van der Waals surface area contributed by atoms with Crippen LogP contribution in [0, 0.1) is 28.8 Å². The first-order valence-electron chi connectivity index (χ1n) is 9.04. The fraction of sp³-hybridized carbons (Fsp3) is 0.286. The van der Waals surface area contributed by atoms with E-state index in [1.54, 1.807) is 18.4 Å². The second kappa shape index (κ2) is 8.00. The molecule has 0 aliphatic rings. The summed E-state index contributed by atoms with van der Waals surface area (Å²) in [5.74, 6) is -2.71. The molecule has 0 spiro atoms. The van der Waals surface area contributed by atoms with Crippen molar-refractivity contribution in [2.75, 3.05) is 0 Å². The molecule has 0 N–H and O–H groups in total. The van der Waals surface area contributed by atoms with Gasteiger partial charge in [0.2, 0.25) is 0 Å². The van der Waals surface area contributed by atoms with Crippen LogP contribution in [0.5, 0.6) is 5.75 Å². The van der Waals surface area contributed by atoms with Crippen LogP contribution in [-0.2, 0) is 5.60 Å². The summed E-state index contributed by atoms with van der Waals surface area (Å²) in [4.78, 5) is 0. The van der Waals surface area contributed by atoms with Crippen molar-refractivity contribution in [1.82, 2.24) is 14.8 Å². The van der Waals surface area contributed by atoms with Gasteiger partial charge in [-0.15, -0.1) is 10.2 Å². The first-order valence-corrected chi connectivity index (χ1v) is 9.42. The van der Waals surface area contributed by atoms with Gasteiger partial charge in [-0.25, -0.2) is 13.2 Å². The van der Waals surface area contributed by atoms with E-state index in [-0.39, 0.29) is 33.8 Å². The van der Waals surface area contributed by atoms with Crippen LogP contribution in [0.3, 0.4) is 0 Å². The van der Waals surface area contributed by atoms with Crippen molar-refractivity contribution in [1.29, 1.82) is 5.26 Å². The van der Waals surface area contributed by atoms with Gasteiger partial charge in [0.25, 0.3) is 0 Å². The van der Waals surface area contributed by atoms with E-state index in [1.165, 1.54) is 12.1 Å². The third-order valence-electron chi connectivity index (χ3n) is 4.41. The SMILES string of the molecule is CC(C)n1c(-c2ccc(C#N)cc2F)nnc1C(C)(C)Oc1c(F)cc(Cl)cc1F. The summed E-state index contributed by atoms with van der Waals surface area (Å²) in [6.07, 6.45) is 0. The van der Waals surface area contributed by atoms with Crippen molar-refractivity contribution < 1.29 is 17.9 Å². The zero-order valence-electron chi connectivity index (χ0n) is 16.7. The van der Waals surface area contributed by atoms with Crippen LogP contribution in [0.2, 0.25) is 5.02 Å². The highest BCUT2D eigenvalue weighted by molar-refractivity contribution is 6.30. The highest BCUT2D eigenvalue weighted by atomic mass is 35.5. The molecule has 0 bridgehead atoms. The van der Waals surface area contributed by atoms with E-state index < -0.39 is 28.8 Å². The number of ether oxygens (including phenoxy) is 1. The van der Waals surface area contributed by atoms with Gasteiger partial charge in [-0.1, -0.05) is 11.6 Å². The van der Waals surface area contributed by atoms with Gasteiger partial charge in [0.05, 0.1) is 17.2 Å². The third-order valence-corrected chi connectivity index (χ3v) is 4.63. The fourth-order valence-corrected chi connectivity index (χ4v) is 3.26. The molecule has 5 nitrogen and oxygen atoms in total. The first-order chi connectivity index (χ1) is 14.0. The van der Waals surface area contributed by atoms with Crippen LogP contribution >= 0.6 is 11.6 Å². The molecule has 0 radical (unpaired) electrons. The van der Waals surface area contributed by atoms with Gasteiger partial charge in [0.1, 0.15) is 5.82 Å². The summed E-state index contributed by atoms with van der Waals surface area (Å²) in [5, 5.41) is 17.1. The molecule has 0 aliphatic heterocycles. The number of benzene rings is 2. The lowest BCUT2D eigenvalue weighted by Gasteiger charge is -2.28. The van der Waals surface area contributed by atoms with Gasteiger partial charge in [0, 0.05) is 11.1 Å². The molecule has 0 aliphatic carbocycles. The lowest BCUT2D eigenvalue weighted by Crippen LogP contribution is -2.31. The predicted molar refractivity (Wildman–Crippen MR) is 106 cm³/mol. The molecule has 0 saturated carbocycles. The minimum absolute atomic E-state index is 0.0981. The van der Waals surface area contributed by atoms with Gasteiger partial charge in [-0.3, -0.25) is 0 Å². The van der Waals surface area contributed by atoms with Crippen LogP contribution in [0.1, 0.15) is 45.1 Å². The number of halogens is 4. The standard InChI is InChI=1S/C21H18ClF3N4O/c1-11(2)29-19(14-6-5-12(10-26)7-15(14)23)27-28-20(29)21(3,4)30-18-16(24)8-13(22)9-17(18)25/h5-9,11H,1-4H3. The van der Waals surface area contributed by atoms with Crippen molar-refractivity contribution in [2.45, 2.75) is 39.3 Å². The molecule has 0 fully saturated rings. The van der Waals surface area contributed by atoms with Crippen LogP contribution in [0.15, 0.2) is 30.3 Å². The lowest BCUT2D eigenvalue weighted by atomic mass is 10.1. The summed E-state index contributed by atoms with van der Waals surface area (Å²) >= 11 is 5.67. The van der Waals surface area contributed by atoms with Gasteiger partial charge in [0.15, 0.2) is 34.6 Å². The molecule has 156 valence electrons. The van der Waals surface area contributed by atoms with E-state index in [1.807, 2.05) is 19.9 Å². The van der Waals surface area contributed by atoms with E-state index in [0.29, 0.717) is 0 Å². The smallest absolute Gasteiger partial charge is 0.192 e. The monoisotopic (exact) mass is 434 g/mol. The van der Waals surface area contributed by atoms with Gasteiger partial charge < -0.3 is 9.30 Å². The minimum Gasteiger partial charge on any atom is -0.474 e. The molecule has 0 unspecified atom stereocenters. The molecule has 2 aromatic carbocycles. The highest BCUT2D eigenvalue weighted by Gasteiger charge is 2.34. The average Bonchev–Trinajstić information content (AvgIpc) is 3.10. The van der Waals surface area contributed by atoms with Gasteiger partial charge in [-0.2, -0.15) is 5.26 Å². The average molecular weight is 435 g/mol. The van der Waals surface area contributed by atoms with E-state index in [0.717, 1.165) is 18.2 Å². The van der Waals surface area contributed by atoms with Crippen molar-refractivity contribution in [3.05, 3.63) is 64.2 Å². The maximum absolute atomic E-state index is 14.6. The lowest BCUT2D eigenvalue weighted by molar-refractivity contribution is 0.0814. The Hall–Kier alpha value is -3.05. The van der Waals surface area contributed by atoms with Crippen LogP contribution < -0.4 is 4.74 Å². The Morgan fingerprint density at radius 1 is 1.07 bits per heavy atom. The van der Waals surface area contributed by atoms with E-state index in [9.17, 15) is 13.2 Å². The number of nitriles is 1. The van der Waals surface area contributed by atoms with Crippen molar-refractivity contribution in [3.8, 4) is 23.2 Å². The first kappa shape index (κ1) is 21.7. The van der Waals surface area contributed by atoms with Gasteiger partial charge in [-0.05, 0) is 58.0 Å². The topological polar surface area (TPSA) is 63.7 Å². The third kappa shape index (κ3) is 3.98. The van der Waals surface area contributed by atoms with Gasteiger partial charge >= 0.3 is 0 Å². The minimum atomic E-state index is -1.33. The van der Waals surface area contributed by atoms with E-state index in [2.05, 4.69) is 10.2 Å². The number of hydrogen-bond acceptors (Lipinski definition) is 4. The summed E-state index contributed by atoms with van der Waals surface area (Å²) in [7, 11) is 0. The molecule has 0 saturated heterocycles. The molecule has 0 amide bonds. The van der Waals surface area contributed by atoms with E-state index in [4.69, 9.17) is 21.6 Å². The molecule has 0 atom stereocenters. The summed E-state index contributed by atoms with van der Waals surface area (Å²) in [6, 6.07) is 7.54. The second-order valence-corrected chi connectivity index (χ2v) is 7.86. The highest BCUT2D eigenvalue weighted by Crippen LogP contribution is 2.35. The molecule has 9 heteroatoms. The Morgan fingerprint density at radius 3 is 2.23 bits per heavy atom. The summed E-state index contributed by atoms with van der Waals surface area (Å²) < 4.78 is 50.3. The Morgan fingerprint density at radius 2 is 1.70 bits per heavy atom. The Kier molecular flexibility index (Phi) is 5.77. The molecule has 30 heavy (non-hydrogen) atoms. The van der Waals surface area contributed by atoms with Crippen molar-refractivity contribution >= 4 is 11.6 Å². The number of rotatable bonds is 5. The molecule has 1 aromatic heterocycles. The number of hydrogen-bond donors (Lipinski definition) is 0. The van der Waals surface area contributed by atoms with Crippen molar-refractivity contribution in [3.63, 3.8) is 0 Å². The van der Waals surface area contributed by atoms with Crippen molar-refractivity contribution in [2.24, 2.45) is 0 Å². The summed E-state index contributed by atoms with van der Waals surface area (Å²) in [6.45, 7) is 6.81. The quantitative estimate of drug-likeness (QED) is 0.510. The zero-order valence-corrected chi connectivity index (χ0v) is 17.4. The normalized spacial score (nSPS) is 11.6. The molecule has 3 aromatic rings. The number of aromatic nitrogens is 3. The molecule has 3 rings (SSSR count).